The zero-order valence-corrected chi connectivity index (χ0v) is 15.5. The van der Waals surface area contributed by atoms with E-state index in [0.717, 1.165) is 0 Å². The van der Waals surface area contributed by atoms with Gasteiger partial charge in [0.05, 0.1) is 0 Å². The second-order valence-corrected chi connectivity index (χ2v) is 0. The molecule has 0 bridgehead atoms. The maximum atomic E-state index is 0. The minimum absolute atomic E-state index is 0. The molecule has 0 fully saturated rings. The molecule has 0 atom stereocenters. The smallest absolute Gasteiger partial charge is 2.00 e. The van der Waals surface area contributed by atoms with Gasteiger partial charge in [-0.1, -0.05) is 0 Å². The van der Waals surface area contributed by atoms with Crippen LogP contribution >= 0.6 is 0 Å². The van der Waals surface area contributed by atoms with Gasteiger partial charge in [-0.3, -0.25) is 0 Å². The van der Waals surface area contributed by atoms with E-state index >= 15 is 0 Å². The molecule has 0 aromatic heterocycles. The fourth-order valence-corrected chi connectivity index (χ4v) is 0. The van der Waals surface area contributed by atoms with Crippen LogP contribution in [0.15, 0.2) is 0 Å². The molecule has 0 aliphatic carbocycles. The van der Waals surface area contributed by atoms with Crippen molar-refractivity contribution >= 4 is 23.9 Å². The summed E-state index contributed by atoms with van der Waals surface area (Å²) in [7, 11) is 0. The topological polar surface area (TPSA) is 57.0 Å². The summed E-state index contributed by atoms with van der Waals surface area (Å²) in [5.74, 6) is 0. The Balaban J connectivity index is 0. The Kier molecular flexibility index (Phi) is 302. The van der Waals surface area contributed by atoms with Gasteiger partial charge in [0, 0.05) is 0 Å². The molecule has 0 amide bonds. The number of rotatable bonds is 0. The van der Waals surface area contributed by atoms with Gasteiger partial charge in [0.25, 0.3) is 0 Å². The first-order valence-corrected chi connectivity index (χ1v) is 0. The van der Waals surface area contributed by atoms with Crippen LogP contribution in [0.3, 0.4) is 0 Å². The molecule has 0 saturated heterocycles. The SMILES string of the molecule is [Cs+].[I+].[Mn+2].[O-2].[O-2].[Sn+4]. The average molecular weight is 465 g/mol. The van der Waals surface area contributed by atoms with Gasteiger partial charge in [-0.05, 0) is 0 Å². The molecule has 0 N–H and O–H groups in total. The molecular weight excluding hydrogens is 465 g/mol. The first kappa shape index (κ1) is 50.4. The summed E-state index contributed by atoms with van der Waals surface area (Å²) in [5.41, 5.74) is 0. The maximum Gasteiger partial charge on any atom is 4.00 e. The zero-order valence-electron chi connectivity index (χ0n) is 3.07. The summed E-state index contributed by atoms with van der Waals surface area (Å²) in [4.78, 5) is 0. The molecule has 0 aliphatic rings. The molecule has 0 heterocycles. The predicted octanol–water partition coefficient (Wildman–Crippen LogP) is -6.61. The first-order chi connectivity index (χ1) is 0. The van der Waals surface area contributed by atoms with Gasteiger partial charge in [0.2, 0.25) is 0 Å². The molecule has 27 valence electrons. The Hall–Kier alpha value is 4.02. The van der Waals surface area contributed by atoms with Crippen LogP contribution in [0, 0.1) is 0 Å². The Morgan fingerprint density at radius 3 is 0.833 bits per heavy atom. The monoisotopic (exact) mass is 467 g/mol. The fourth-order valence-electron chi connectivity index (χ4n) is 0. The molecule has 0 aliphatic heterocycles. The standard InChI is InChI=1S/Cs.I.Mn.2O.Sn/q2*+1;+2;2*-2;+4. The summed E-state index contributed by atoms with van der Waals surface area (Å²) < 4.78 is 0. The second-order valence-electron chi connectivity index (χ2n) is 0. The van der Waals surface area contributed by atoms with Crippen LogP contribution < -0.4 is 92.9 Å². The van der Waals surface area contributed by atoms with E-state index in [9.17, 15) is 0 Å². The molecular formula is CsIMnO2Sn+4. The van der Waals surface area contributed by atoms with Crippen molar-refractivity contribution in [2.45, 2.75) is 0 Å². The Bertz CT molecular complexity index is 13.5. The van der Waals surface area contributed by atoms with Gasteiger partial charge >= 0.3 is 134 Å². The Morgan fingerprint density at radius 1 is 0.833 bits per heavy atom. The maximum absolute atomic E-state index is 0. The van der Waals surface area contributed by atoms with E-state index in [4.69, 9.17) is 0 Å². The third-order valence-corrected chi connectivity index (χ3v) is 0. The first-order valence-electron chi connectivity index (χ1n) is 0. The van der Waals surface area contributed by atoms with Crippen LogP contribution in [-0.4, -0.2) is 23.9 Å². The molecule has 0 spiro atoms. The van der Waals surface area contributed by atoms with Crippen molar-refractivity contribution in [1.29, 1.82) is 0 Å². The third-order valence-electron chi connectivity index (χ3n) is 0. The second kappa shape index (κ2) is 35.9. The third kappa shape index (κ3) is 24.5. The van der Waals surface area contributed by atoms with Gasteiger partial charge in [0.1, 0.15) is 0 Å². The van der Waals surface area contributed by atoms with Crippen LogP contribution in [0.1, 0.15) is 0 Å². The van der Waals surface area contributed by atoms with Gasteiger partial charge in [-0.2, -0.15) is 0 Å². The van der Waals surface area contributed by atoms with E-state index < -0.39 is 0 Å². The molecule has 2 nitrogen and oxygen atoms in total. The quantitative estimate of drug-likeness (QED) is 0.253. The van der Waals surface area contributed by atoms with E-state index in [0.29, 0.717) is 0 Å². The van der Waals surface area contributed by atoms with E-state index in [2.05, 4.69) is 0 Å². The molecule has 0 aromatic rings. The molecule has 3 radical (unpaired) electrons. The van der Waals surface area contributed by atoms with Crippen molar-refractivity contribution in [3.63, 3.8) is 0 Å². The molecule has 0 unspecified atom stereocenters. The van der Waals surface area contributed by atoms with Crippen molar-refractivity contribution in [1.82, 2.24) is 0 Å². The van der Waals surface area contributed by atoms with E-state index in [-0.39, 0.29) is 145 Å². The molecule has 0 aromatic carbocycles. The summed E-state index contributed by atoms with van der Waals surface area (Å²) in [5, 5.41) is 0. The van der Waals surface area contributed by atoms with Crippen LogP contribution in [0.5, 0.6) is 0 Å². The largest absolute Gasteiger partial charge is 4.00 e. The van der Waals surface area contributed by atoms with Crippen molar-refractivity contribution < 1.29 is 121 Å². The van der Waals surface area contributed by atoms with E-state index in [1.807, 2.05) is 0 Å². The predicted molar refractivity (Wildman–Crippen MR) is 7.13 cm³/mol. The van der Waals surface area contributed by atoms with Crippen molar-refractivity contribution in [2.75, 3.05) is 0 Å². The summed E-state index contributed by atoms with van der Waals surface area (Å²) in [6.45, 7) is 0. The van der Waals surface area contributed by atoms with Crippen LogP contribution in [0.4, 0.5) is 0 Å². The normalized spacial score (nSPS) is 0. The summed E-state index contributed by atoms with van der Waals surface area (Å²) in [6, 6.07) is 0. The van der Waals surface area contributed by atoms with Gasteiger partial charge in [0.15, 0.2) is 0 Å². The van der Waals surface area contributed by atoms with E-state index in [1.54, 1.807) is 0 Å². The van der Waals surface area contributed by atoms with Crippen LogP contribution in [0.25, 0.3) is 0 Å². The minimum atomic E-state index is 0. The van der Waals surface area contributed by atoms with Crippen molar-refractivity contribution in [2.24, 2.45) is 0 Å². The summed E-state index contributed by atoms with van der Waals surface area (Å²) >= 11 is 0. The van der Waals surface area contributed by atoms with E-state index in [1.165, 1.54) is 0 Å². The molecule has 0 saturated carbocycles. The van der Waals surface area contributed by atoms with Crippen molar-refractivity contribution in [3.8, 4) is 0 Å². The van der Waals surface area contributed by atoms with Crippen LogP contribution in [0.2, 0.25) is 0 Å². The van der Waals surface area contributed by atoms with Gasteiger partial charge < -0.3 is 11.0 Å². The molecule has 0 rings (SSSR count). The average Bonchev–Trinajstić information content (AvgIpc) is 0. The Morgan fingerprint density at radius 2 is 0.833 bits per heavy atom. The minimum Gasteiger partial charge on any atom is -2.00 e. The number of hydrogen-bond acceptors (Lipinski definition) is 0. The molecule has 6 heteroatoms. The summed E-state index contributed by atoms with van der Waals surface area (Å²) in [6.07, 6.45) is 0. The van der Waals surface area contributed by atoms with Crippen molar-refractivity contribution in [3.05, 3.63) is 0 Å². The molecule has 6 heavy (non-hydrogen) atoms. The van der Waals surface area contributed by atoms with Gasteiger partial charge in [-0.15, -0.1) is 0 Å². The number of halogens is 1. The zero-order chi connectivity index (χ0) is 0. The van der Waals surface area contributed by atoms with Gasteiger partial charge in [-0.25, -0.2) is 0 Å². The number of hydrogen-bond donors (Lipinski definition) is 0. The van der Waals surface area contributed by atoms with Crippen LogP contribution in [-0.2, 0) is 28.0 Å². The Labute approximate surface area is 140 Å². The fraction of sp³-hybridized carbons (Fsp3) is 0.